The zero-order valence-corrected chi connectivity index (χ0v) is 14.7. The maximum atomic E-state index is 12.3. The number of carbonyl (C=O) groups excluding carboxylic acids is 1. The number of amides is 1. The maximum Gasteiger partial charge on any atom is 0.261 e. The average molecular weight is 347 g/mol. The van der Waals surface area contributed by atoms with E-state index >= 15 is 0 Å². The third-order valence-corrected chi connectivity index (χ3v) is 4.61. The Labute approximate surface area is 142 Å². The molecule has 2 N–H and O–H groups in total. The van der Waals surface area contributed by atoms with E-state index in [9.17, 15) is 13.2 Å². The number of hydrogen-bond acceptors (Lipinski definition) is 4. The first-order valence-corrected chi connectivity index (χ1v) is 8.89. The van der Waals surface area contributed by atoms with Crippen molar-refractivity contribution < 1.29 is 13.2 Å². The van der Waals surface area contributed by atoms with Gasteiger partial charge in [-0.2, -0.15) is 0 Å². The lowest BCUT2D eigenvalue weighted by molar-refractivity contribution is -0.116. The largest absolute Gasteiger partial charge is 0.325 e. The summed E-state index contributed by atoms with van der Waals surface area (Å²) in [5, 5.41) is 2.74. The van der Waals surface area contributed by atoms with Crippen LogP contribution < -0.4 is 10.0 Å². The van der Waals surface area contributed by atoms with Gasteiger partial charge in [-0.3, -0.25) is 9.52 Å². The first kappa shape index (κ1) is 18.0. The van der Waals surface area contributed by atoms with Gasteiger partial charge in [0.2, 0.25) is 5.91 Å². The van der Waals surface area contributed by atoms with E-state index in [1.54, 1.807) is 53.4 Å². The van der Waals surface area contributed by atoms with Gasteiger partial charge in [0.15, 0.2) is 0 Å². The van der Waals surface area contributed by atoms with Crippen molar-refractivity contribution in [3.05, 3.63) is 54.1 Å². The number of likely N-dealkylation sites (N-methyl/N-ethyl adjacent to an activating group) is 1. The number of nitrogens with zero attached hydrogens (tertiary/aromatic N) is 1. The first-order chi connectivity index (χ1) is 11.3. The van der Waals surface area contributed by atoms with Gasteiger partial charge < -0.3 is 10.2 Å². The Morgan fingerprint density at radius 1 is 0.958 bits per heavy atom. The fourth-order valence-electron chi connectivity index (χ4n) is 2.04. The van der Waals surface area contributed by atoms with E-state index in [-0.39, 0.29) is 17.3 Å². The fraction of sp³-hybridized carbons (Fsp3) is 0.235. The van der Waals surface area contributed by atoms with Gasteiger partial charge in [0, 0.05) is 11.4 Å². The summed E-state index contributed by atoms with van der Waals surface area (Å²) in [7, 11) is -0.00977. The minimum Gasteiger partial charge on any atom is -0.325 e. The first-order valence-electron chi connectivity index (χ1n) is 7.40. The highest BCUT2D eigenvalue weighted by atomic mass is 32.2. The smallest absolute Gasteiger partial charge is 0.261 e. The van der Waals surface area contributed by atoms with Crippen LogP contribution in [0.4, 0.5) is 11.4 Å². The molecule has 0 saturated heterocycles. The number of rotatable bonds is 6. The molecule has 0 unspecified atom stereocenters. The van der Waals surface area contributed by atoms with Crippen LogP contribution >= 0.6 is 0 Å². The molecule has 128 valence electrons. The number of hydrogen-bond donors (Lipinski definition) is 2. The Bertz CT molecular complexity index is 798. The minimum atomic E-state index is -3.63. The van der Waals surface area contributed by atoms with Crippen LogP contribution in [0.1, 0.15) is 5.56 Å². The lowest BCUT2D eigenvalue weighted by atomic mass is 10.2. The van der Waals surface area contributed by atoms with Gasteiger partial charge in [-0.1, -0.05) is 17.7 Å². The molecular weight excluding hydrogens is 326 g/mol. The molecule has 0 bridgehead atoms. The van der Waals surface area contributed by atoms with Gasteiger partial charge >= 0.3 is 0 Å². The summed E-state index contributed by atoms with van der Waals surface area (Å²) in [6.45, 7) is 2.18. The zero-order chi connectivity index (χ0) is 17.7. The molecule has 0 radical (unpaired) electrons. The molecule has 24 heavy (non-hydrogen) atoms. The Balaban J connectivity index is 2.05. The molecule has 0 spiro atoms. The van der Waals surface area contributed by atoms with Crippen LogP contribution in [0.25, 0.3) is 0 Å². The Morgan fingerprint density at radius 2 is 1.50 bits per heavy atom. The van der Waals surface area contributed by atoms with Gasteiger partial charge in [-0.05, 0) is 57.4 Å². The SMILES string of the molecule is Cc1ccc(S(=O)(=O)Nc2ccc(NC(=O)CN(C)C)cc2)cc1. The Hall–Kier alpha value is -2.38. The average Bonchev–Trinajstić information content (AvgIpc) is 2.48. The van der Waals surface area contributed by atoms with Crippen molar-refractivity contribution in [1.29, 1.82) is 0 Å². The van der Waals surface area contributed by atoms with Crippen LogP contribution in [0.3, 0.4) is 0 Å². The predicted octanol–water partition coefficient (Wildman–Crippen LogP) is 2.30. The third kappa shape index (κ3) is 5.07. The second-order valence-corrected chi connectivity index (χ2v) is 7.46. The lowest BCUT2D eigenvalue weighted by Gasteiger charge is -2.11. The fourth-order valence-corrected chi connectivity index (χ4v) is 3.10. The maximum absolute atomic E-state index is 12.3. The normalized spacial score (nSPS) is 11.3. The number of carbonyl (C=O) groups is 1. The summed E-state index contributed by atoms with van der Waals surface area (Å²) in [4.78, 5) is 13.7. The molecule has 2 rings (SSSR count). The van der Waals surface area contributed by atoms with E-state index in [0.29, 0.717) is 11.4 Å². The van der Waals surface area contributed by atoms with Crippen molar-refractivity contribution in [3.63, 3.8) is 0 Å². The standard InChI is InChI=1S/C17H21N3O3S/c1-13-4-10-16(11-5-13)24(22,23)19-15-8-6-14(7-9-15)18-17(21)12-20(2)3/h4-11,19H,12H2,1-3H3,(H,18,21). The second kappa shape index (κ2) is 7.46. The van der Waals surface area contributed by atoms with Crippen LogP contribution in [0.5, 0.6) is 0 Å². The van der Waals surface area contributed by atoms with Gasteiger partial charge in [0.05, 0.1) is 11.4 Å². The lowest BCUT2D eigenvalue weighted by Crippen LogP contribution is -2.27. The molecule has 0 aliphatic carbocycles. The molecule has 0 aromatic heterocycles. The minimum absolute atomic E-state index is 0.131. The summed E-state index contributed by atoms with van der Waals surface area (Å²) in [5.41, 5.74) is 2.04. The van der Waals surface area contributed by atoms with E-state index < -0.39 is 10.0 Å². The summed E-state index contributed by atoms with van der Waals surface area (Å²) in [5.74, 6) is -0.131. The summed E-state index contributed by atoms with van der Waals surface area (Å²) < 4.78 is 27.1. The van der Waals surface area contributed by atoms with Gasteiger partial charge in [0.25, 0.3) is 10.0 Å². The van der Waals surface area contributed by atoms with E-state index in [1.165, 1.54) is 0 Å². The van der Waals surface area contributed by atoms with Crippen LogP contribution in [-0.2, 0) is 14.8 Å². The topological polar surface area (TPSA) is 78.5 Å². The molecular formula is C17H21N3O3S. The predicted molar refractivity (Wildman–Crippen MR) is 95.6 cm³/mol. The number of anilines is 2. The van der Waals surface area contributed by atoms with Crippen molar-refractivity contribution in [3.8, 4) is 0 Å². The molecule has 0 atom stereocenters. The van der Waals surface area contributed by atoms with Crippen LogP contribution in [0.15, 0.2) is 53.4 Å². The molecule has 0 aliphatic heterocycles. The quantitative estimate of drug-likeness (QED) is 0.840. The van der Waals surface area contributed by atoms with Crippen molar-refractivity contribution in [2.24, 2.45) is 0 Å². The van der Waals surface area contributed by atoms with E-state index in [0.717, 1.165) is 5.56 Å². The highest BCUT2D eigenvalue weighted by Crippen LogP contribution is 2.18. The molecule has 2 aromatic carbocycles. The molecule has 0 saturated carbocycles. The van der Waals surface area contributed by atoms with Crippen molar-refractivity contribution in [2.75, 3.05) is 30.7 Å². The zero-order valence-electron chi connectivity index (χ0n) is 13.9. The van der Waals surface area contributed by atoms with Crippen LogP contribution in [0, 0.1) is 6.92 Å². The summed E-state index contributed by atoms with van der Waals surface area (Å²) in [6, 6.07) is 13.1. The van der Waals surface area contributed by atoms with Gasteiger partial charge in [0.1, 0.15) is 0 Å². The Kier molecular flexibility index (Phi) is 5.58. The molecule has 7 heteroatoms. The van der Waals surface area contributed by atoms with Crippen molar-refractivity contribution in [1.82, 2.24) is 4.90 Å². The summed E-state index contributed by atoms with van der Waals surface area (Å²) >= 11 is 0. The van der Waals surface area contributed by atoms with Gasteiger partial charge in [-0.25, -0.2) is 8.42 Å². The molecule has 0 aliphatic rings. The Morgan fingerprint density at radius 3 is 2.04 bits per heavy atom. The highest BCUT2D eigenvalue weighted by molar-refractivity contribution is 7.92. The van der Waals surface area contributed by atoms with Gasteiger partial charge in [-0.15, -0.1) is 0 Å². The number of sulfonamides is 1. The molecule has 0 fully saturated rings. The van der Waals surface area contributed by atoms with E-state index in [1.807, 2.05) is 21.0 Å². The van der Waals surface area contributed by atoms with E-state index in [2.05, 4.69) is 10.0 Å². The third-order valence-electron chi connectivity index (χ3n) is 3.21. The second-order valence-electron chi connectivity index (χ2n) is 5.78. The van der Waals surface area contributed by atoms with Crippen LogP contribution in [-0.4, -0.2) is 39.9 Å². The number of aryl methyl sites for hydroxylation is 1. The molecule has 0 heterocycles. The highest BCUT2D eigenvalue weighted by Gasteiger charge is 2.13. The number of benzene rings is 2. The summed E-state index contributed by atoms with van der Waals surface area (Å²) in [6.07, 6.45) is 0. The van der Waals surface area contributed by atoms with E-state index in [4.69, 9.17) is 0 Å². The molecule has 1 amide bonds. The molecule has 2 aromatic rings. The van der Waals surface area contributed by atoms with Crippen molar-refractivity contribution >= 4 is 27.3 Å². The number of nitrogens with one attached hydrogen (secondary N) is 2. The van der Waals surface area contributed by atoms with Crippen molar-refractivity contribution in [2.45, 2.75) is 11.8 Å². The van der Waals surface area contributed by atoms with Crippen LogP contribution in [0.2, 0.25) is 0 Å². The monoisotopic (exact) mass is 347 g/mol. The molecule has 6 nitrogen and oxygen atoms in total.